The number of nitrogens with zero attached hydrogens (tertiary/aromatic N) is 3. The second-order valence-electron chi connectivity index (χ2n) is 4.59. The summed E-state index contributed by atoms with van der Waals surface area (Å²) in [6.07, 6.45) is 1.43. The van der Waals surface area contributed by atoms with Gasteiger partial charge in [0.05, 0.1) is 4.88 Å². The van der Waals surface area contributed by atoms with Gasteiger partial charge in [0.15, 0.2) is 0 Å². The SMILES string of the molecule is CC(C(=O)O)N(C)CCCc1nc(-c2cccs2)no1. The van der Waals surface area contributed by atoms with Crippen molar-refractivity contribution in [2.45, 2.75) is 25.8 Å². The van der Waals surface area contributed by atoms with E-state index in [0.717, 1.165) is 11.3 Å². The van der Waals surface area contributed by atoms with Gasteiger partial charge in [-0.1, -0.05) is 11.2 Å². The van der Waals surface area contributed by atoms with E-state index in [-0.39, 0.29) is 0 Å². The Bertz CT molecular complexity index is 553. The molecule has 2 aromatic heterocycles. The molecule has 6 nitrogen and oxygen atoms in total. The van der Waals surface area contributed by atoms with Gasteiger partial charge >= 0.3 is 5.97 Å². The Morgan fingerprint density at radius 1 is 1.60 bits per heavy atom. The van der Waals surface area contributed by atoms with Crippen molar-refractivity contribution < 1.29 is 14.4 Å². The molecular formula is C13H17N3O3S. The minimum Gasteiger partial charge on any atom is -0.480 e. The second-order valence-corrected chi connectivity index (χ2v) is 5.54. The lowest BCUT2D eigenvalue weighted by Gasteiger charge is -2.20. The van der Waals surface area contributed by atoms with E-state index in [1.807, 2.05) is 17.5 Å². The molecule has 0 saturated heterocycles. The molecule has 0 aliphatic rings. The number of hydrogen-bond donors (Lipinski definition) is 1. The Balaban J connectivity index is 1.82. The number of aromatic nitrogens is 2. The van der Waals surface area contributed by atoms with E-state index in [1.165, 1.54) is 0 Å². The number of aliphatic carboxylic acids is 1. The molecular weight excluding hydrogens is 278 g/mol. The first kappa shape index (κ1) is 14.7. The summed E-state index contributed by atoms with van der Waals surface area (Å²) in [4.78, 5) is 17.9. The fraction of sp³-hybridized carbons (Fsp3) is 0.462. The van der Waals surface area contributed by atoms with Crippen LogP contribution in [0.3, 0.4) is 0 Å². The molecule has 20 heavy (non-hydrogen) atoms. The lowest BCUT2D eigenvalue weighted by molar-refractivity contribution is -0.142. The molecule has 1 atom stereocenters. The van der Waals surface area contributed by atoms with Gasteiger partial charge in [-0.05, 0) is 38.4 Å². The molecule has 0 aliphatic carbocycles. The Morgan fingerprint density at radius 3 is 3.05 bits per heavy atom. The van der Waals surface area contributed by atoms with Crippen LogP contribution in [-0.2, 0) is 11.2 Å². The van der Waals surface area contributed by atoms with E-state index in [4.69, 9.17) is 9.63 Å². The van der Waals surface area contributed by atoms with Crippen molar-refractivity contribution in [1.29, 1.82) is 0 Å². The fourth-order valence-corrected chi connectivity index (χ4v) is 2.37. The van der Waals surface area contributed by atoms with Crippen LogP contribution in [-0.4, -0.2) is 45.8 Å². The van der Waals surface area contributed by atoms with Crippen LogP contribution in [0.2, 0.25) is 0 Å². The van der Waals surface area contributed by atoms with Crippen molar-refractivity contribution in [3.8, 4) is 10.7 Å². The largest absolute Gasteiger partial charge is 0.480 e. The van der Waals surface area contributed by atoms with Gasteiger partial charge < -0.3 is 9.63 Å². The minimum atomic E-state index is -0.815. The van der Waals surface area contributed by atoms with Crippen molar-refractivity contribution in [2.24, 2.45) is 0 Å². The molecule has 0 fully saturated rings. The smallest absolute Gasteiger partial charge is 0.320 e. The Morgan fingerprint density at radius 2 is 2.40 bits per heavy atom. The first-order valence-corrected chi connectivity index (χ1v) is 7.25. The topological polar surface area (TPSA) is 79.5 Å². The summed E-state index contributed by atoms with van der Waals surface area (Å²) in [7, 11) is 1.80. The number of rotatable bonds is 7. The van der Waals surface area contributed by atoms with Crippen molar-refractivity contribution in [3.63, 3.8) is 0 Å². The minimum absolute atomic E-state index is 0.487. The number of carboxylic acids is 1. The number of aryl methyl sites for hydroxylation is 1. The van der Waals surface area contributed by atoms with E-state index >= 15 is 0 Å². The fourth-order valence-electron chi connectivity index (χ4n) is 1.72. The highest BCUT2D eigenvalue weighted by Crippen LogP contribution is 2.21. The number of carboxylic acid groups (broad SMARTS) is 1. The quantitative estimate of drug-likeness (QED) is 0.843. The number of thiophene rings is 1. The number of likely N-dealkylation sites (N-methyl/N-ethyl adjacent to an activating group) is 1. The normalized spacial score (nSPS) is 12.8. The second kappa shape index (κ2) is 6.62. The molecule has 1 N–H and O–H groups in total. The van der Waals surface area contributed by atoms with Gasteiger partial charge in [0.2, 0.25) is 11.7 Å². The highest BCUT2D eigenvalue weighted by molar-refractivity contribution is 7.13. The Labute approximate surface area is 121 Å². The predicted molar refractivity (Wildman–Crippen MR) is 75.7 cm³/mol. The maximum Gasteiger partial charge on any atom is 0.320 e. The van der Waals surface area contributed by atoms with Gasteiger partial charge in [0.25, 0.3) is 0 Å². The zero-order valence-corrected chi connectivity index (χ0v) is 12.3. The van der Waals surface area contributed by atoms with Crippen LogP contribution in [0.5, 0.6) is 0 Å². The number of hydrogen-bond acceptors (Lipinski definition) is 6. The van der Waals surface area contributed by atoms with Crippen LogP contribution >= 0.6 is 11.3 Å². The van der Waals surface area contributed by atoms with Crippen LogP contribution in [0, 0.1) is 0 Å². The van der Waals surface area contributed by atoms with Gasteiger partial charge in [-0.15, -0.1) is 11.3 Å². The van der Waals surface area contributed by atoms with Crippen molar-refractivity contribution in [1.82, 2.24) is 15.0 Å². The lowest BCUT2D eigenvalue weighted by atomic mass is 10.2. The maximum absolute atomic E-state index is 10.8. The predicted octanol–water partition coefficient (Wildman–Crippen LogP) is 2.14. The first-order valence-electron chi connectivity index (χ1n) is 6.37. The van der Waals surface area contributed by atoms with Crippen LogP contribution in [0.15, 0.2) is 22.0 Å². The van der Waals surface area contributed by atoms with Crippen LogP contribution in [0.1, 0.15) is 19.2 Å². The maximum atomic E-state index is 10.8. The summed E-state index contributed by atoms with van der Waals surface area (Å²) in [5.74, 6) is 0.386. The van der Waals surface area contributed by atoms with Crippen molar-refractivity contribution in [2.75, 3.05) is 13.6 Å². The van der Waals surface area contributed by atoms with E-state index in [2.05, 4.69) is 10.1 Å². The standard InChI is InChI=1S/C13H17N3O3S/c1-9(13(17)18)16(2)7-3-6-11-14-12(15-19-11)10-5-4-8-20-10/h4-5,8-9H,3,6-7H2,1-2H3,(H,17,18). The summed E-state index contributed by atoms with van der Waals surface area (Å²) in [5, 5.41) is 14.8. The molecule has 2 rings (SSSR count). The summed E-state index contributed by atoms with van der Waals surface area (Å²) < 4.78 is 5.19. The molecule has 2 heterocycles. The first-order chi connectivity index (χ1) is 9.58. The van der Waals surface area contributed by atoms with E-state index in [9.17, 15) is 4.79 Å². The molecule has 108 valence electrons. The molecule has 0 radical (unpaired) electrons. The molecule has 1 unspecified atom stereocenters. The van der Waals surface area contributed by atoms with E-state index < -0.39 is 12.0 Å². The average molecular weight is 295 g/mol. The van der Waals surface area contributed by atoms with E-state index in [1.54, 1.807) is 30.2 Å². The van der Waals surface area contributed by atoms with Gasteiger partial charge in [-0.2, -0.15) is 4.98 Å². The zero-order valence-electron chi connectivity index (χ0n) is 11.4. The van der Waals surface area contributed by atoms with Crippen molar-refractivity contribution >= 4 is 17.3 Å². The molecule has 0 spiro atoms. The third-order valence-electron chi connectivity index (χ3n) is 3.13. The van der Waals surface area contributed by atoms with Crippen molar-refractivity contribution in [3.05, 3.63) is 23.4 Å². The molecule has 7 heteroatoms. The average Bonchev–Trinajstić information content (AvgIpc) is 3.07. The number of carbonyl (C=O) groups is 1. The molecule has 2 aromatic rings. The van der Waals surface area contributed by atoms with Gasteiger partial charge in [0, 0.05) is 6.42 Å². The highest BCUT2D eigenvalue weighted by Gasteiger charge is 2.16. The van der Waals surface area contributed by atoms with Gasteiger partial charge in [0.1, 0.15) is 6.04 Å². The zero-order chi connectivity index (χ0) is 14.5. The molecule has 0 aromatic carbocycles. The van der Waals surface area contributed by atoms with Gasteiger partial charge in [-0.3, -0.25) is 9.69 Å². The van der Waals surface area contributed by atoms with Gasteiger partial charge in [-0.25, -0.2) is 0 Å². The summed E-state index contributed by atoms with van der Waals surface area (Å²) in [6, 6.07) is 3.40. The third-order valence-corrected chi connectivity index (χ3v) is 4.00. The molecule has 0 amide bonds. The Kier molecular flexibility index (Phi) is 4.86. The van der Waals surface area contributed by atoms with Crippen LogP contribution in [0.4, 0.5) is 0 Å². The van der Waals surface area contributed by atoms with Crippen LogP contribution in [0.25, 0.3) is 10.7 Å². The summed E-state index contributed by atoms with van der Waals surface area (Å²) in [6.45, 7) is 2.34. The monoisotopic (exact) mass is 295 g/mol. The lowest BCUT2D eigenvalue weighted by Crippen LogP contribution is -2.36. The molecule has 0 bridgehead atoms. The summed E-state index contributed by atoms with van der Waals surface area (Å²) >= 11 is 1.57. The highest BCUT2D eigenvalue weighted by atomic mass is 32.1. The Hall–Kier alpha value is -1.73. The summed E-state index contributed by atoms with van der Waals surface area (Å²) in [5.41, 5.74) is 0. The van der Waals surface area contributed by atoms with E-state index in [0.29, 0.717) is 24.7 Å². The van der Waals surface area contributed by atoms with Crippen LogP contribution < -0.4 is 0 Å². The molecule has 0 aliphatic heterocycles. The third kappa shape index (κ3) is 3.64. The molecule has 0 saturated carbocycles.